The van der Waals surface area contributed by atoms with Gasteiger partial charge in [0.15, 0.2) is 5.65 Å². The SMILES string of the molecule is C[C@H]1CC[C@H](C)N1c1ccc(-c2nc3cccnc3n2Cc2ccn(C)n2)cn1. The van der Waals surface area contributed by atoms with E-state index < -0.39 is 0 Å². The Balaban J connectivity index is 1.55. The largest absolute Gasteiger partial charge is 0.351 e. The molecule has 1 aliphatic heterocycles. The molecule has 0 aromatic carbocycles. The summed E-state index contributed by atoms with van der Waals surface area (Å²) in [4.78, 5) is 16.6. The summed E-state index contributed by atoms with van der Waals surface area (Å²) < 4.78 is 3.94. The molecule has 1 aliphatic rings. The van der Waals surface area contributed by atoms with Crippen molar-refractivity contribution < 1.29 is 0 Å². The van der Waals surface area contributed by atoms with Crippen molar-refractivity contribution in [3.05, 3.63) is 54.6 Å². The number of nitrogens with zero attached hydrogens (tertiary/aromatic N) is 7. The van der Waals surface area contributed by atoms with Crippen molar-refractivity contribution in [1.82, 2.24) is 29.3 Å². The molecule has 0 saturated carbocycles. The van der Waals surface area contributed by atoms with Crippen molar-refractivity contribution in [2.45, 2.75) is 45.3 Å². The maximum atomic E-state index is 4.86. The summed E-state index contributed by atoms with van der Waals surface area (Å²) in [5, 5.41) is 4.53. The van der Waals surface area contributed by atoms with E-state index in [0.29, 0.717) is 18.6 Å². The van der Waals surface area contributed by atoms with Gasteiger partial charge < -0.3 is 9.47 Å². The molecular weight excluding hydrogens is 362 g/mol. The summed E-state index contributed by atoms with van der Waals surface area (Å²) in [5.41, 5.74) is 3.70. The minimum Gasteiger partial charge on any atom is -0.351 e. The fraction of sp³-hybridized carbons (Fsp3) is 0.364. The van der Waals surface area contributed by atoms with Crippen LogP contribution in [-0.2, 0) is 13.6 Å². The number of hydrogen-bond donors (Lipinski definition) is 0. The van der Waals surface area contributed by atoms with Gasteiger partial charge >= 0.3 is 0 Å². The van der Waals surface area contributed by atoms with Gasteiger partial charge in [0.2, 0.25) is 0 Å². The molecule has 0 amide bonds. The lowest BCUT2D eigenvalue weighted by atomic mass is 10.2. The van der Waals surface area contributed by atoms with Crippen LogP contribution in [0.3, 0.4) is 0 Å². The minimum atomic E-state index is 0.529. The first-order valence-corrected chi connectivity index (χ1v) is 10.1. The Morgan fingerprint density at radius 3 is 2.55 bits per heavy atom. The first-order valence-electron chi connectivity index (χ1n) is 10.1. The van der Waals surface area contributed by atoms with Gasteiger partial charge in [-0.05, 0) is 57.0 Å². The van der Waals surface area contributed by atoms with Crippen LogP contribution in [0.25, 0.3) is 22.6 Å². The van der Waals surface area contributed by atoms with E-state index in [-0.39, 0.29) is 0 Å². The van der Waals surface area contributed by atoms with Crippen LogP contribution in [0.4, 0.5) is 5.82 Å². The van der Waals surface area contributed by atoms with Crippen molar-refractivity contribution in [2.75, 3.05) is 4.90 Å². The summed E-state index contributed by atoms with van der Waals surface area (Å²) in [5.74, 6) is 1.91. The zero-order chi connectivity index (χ0) is 20.0. The Hall–Kier alpha value is -3.22. The topological polar surface area (TPSA) is 64.7 Å². The van der Waals surface area contributed by atoms with E-state index in [1.807, 2.05) is 42.3 Å². The molecule has 0 bridgehead atoms. The molecular formula is C22H25N7. The molecule has 4 aromatic heterocycles. The fourth-order valence-electron chi connectivity index (χ4n) is 4.36. The lowest BCUT2D eigenvalue weighted by Crippen LogP contribution is -2.33. The number of anilines is 1. The van der Waals surface area contributed by atoms with Crippen LogP contribution in [-0.4, -0.2) is 41.4 Å². The third-order valence-electron chi connectivity index (χ3n) is 5.82. The molecule has 0 radical (unpaired) electrons. The van der Waals surface area contributed by atoms with Crippen LogP contribution in [0, 0.1) is 0 Å². The molecule has 0 aliphatic carbocycles. The van der Waals surface area contributed by atoms with Crippen molar-refractivity contribution in [2.24, 2.45) is 7.05 Å². The molecule has 7 nitrogen and oxygen atoms in total. The standard InChI is InChI=1S/C22H25N7/c1-15-6-7-16(2)29(15)20-9-8-17(13-24-20)21-25-19-5-4-11-23-22(19)28(21)14-18-10-12-27(3)26-18/h4-5,8-13,15-16H,6-7,14H2,1-3H3/t15-,16-/m0/s1. The molecule has 29 heavy (non-hydrogen) atoms. The molecule has 0 N–H and O–H groups in total. The van der Waals surface area contributed by atoms with Crippen LogP contribution < -0.4 is 4.90 Å². The van der Waals surface area contributed by atoms with E-state index in [0.717, 1.165) is 34.1 Å². The average molecular weight is 387 g/mol. The third kappa shape index (κ3) is 3.16. The number of rotatable bonds is 4. The Kier molecular flexibility index (Phi) is 4.30. The van der Waals surface area contributed by atoms with Gasteiger partial charge in [-0.1, -0.05) is 0 Å². The van der Waals surface area contributed by atoms with Crippen molar-refractivity contribution in [3.8, 4) is 11.4 Å². The van der Waals surface area contributed by atoms with Crippen LogP contribution in [0.1, 0.15) is 32.4 Å². The van der Waals surface area contributed by atoms with Gasteiger partial charge in [0.05, 0.1) is 12.2 Å². The van der Waals surface area contributed by atoms with Gasteiger partial charge in [0.25, 0.3) is 0 Å². The second kappa shape index (κ2) is 6.99. The Bertz CT molecular complexity index is 1130. The Labute approximate surface area is 170 Å². The molecule has 5 heterocycles. The van der Waals surface area contributed by atoms with E-state index in [1.165, 1.54) is 12.8 Å². The highest BCUT2D eigenvalue weighted by Crippen LogP contribution is 2.30. The zero-order valence-electron chi connectivity index (χ0n) is 17.0. The summed E-state index contributed by atoms with van der Waals surface area (Å²) >= 11 is 0. The van der Waals surface area contributed by atoms with Gasteiger partial charge in [-0.25, -0.2) is 15.0 Å². The lowest BCUT2D eigenvalue weighted by molar-refractivity contribution is 0.683. The van der Waals surface area contributed by atoms with Crippen molar-refractivity contribution in [1.29, 1.82) is 0 Å². The number of aromatic nitrogens is 6. The third-order valence-corrected chi connectivity index (χ3v) is 5.82. The number of imidazole rings is 1. The lowest BCUT2D eigenvalue weighted by Gasteiger charge is -2.27. The van der Waals surface area contributed by atoms with Gasteiger partial charge in [-0.15, -0.1) is 0 Å². The molecule has 148 valence electrons. The minimum absolute atomic E-state index is 0.529. The van der Waals surface area contributed by atoms with Crippen LogP contribution in [0.5, 0.6) is 0 Å². The number of aryl methyl sites for hydroxylation is 1. The van der Waals surface area contributed by atoms with E-state index in [1.54, 1.807) is 6.20 Å². The highest BCUT2D eigenvalue weighted by Gasteiger charge is 2.28. The zero-order valence-corrected chi connectivity index (χ0v) is 17.0. The molecule has 2 atom stereocenters. The van der Waals surface area contributed by atoms with Crippen molar-refractivity contribution >= 4 is 17.0 Å². The molecule has 4 aromatic rings. The Morgan fingerprint density at radius 2 is 1.86 bits per heavy atom. The van der Waals surface area contributed by atoms with E-state index in [4.69, 9.17) is 9.97 Å². The van der Waals surface area contributed by atoms with Gasteiger partial charge in [0.1, 0.15) is 17.2 Å². The highest BCUT2D eigenvalue weighted by molar-refractivity contribution is 5.77. The highest BCUT2D eigenvalue weighted by atomic mass is 15.3. The number of hydrogen-bond acceptors (Lipinski definition) is 5. The van der Waals surface area contributed by atoms with Gasteiger partial charge in [-0.3, -0.25) is 4.68 Å². The monoisotopic (exact) mass is 387 g/mol. The molecule has 1 fully saturated rings. The number of fused-ring (bicyclic) bond motifs is 1. The summed E-state index contributed by atoms with van der Waals surface area (Å²) in [6.45, 7) is 5.17. The average Bonchev–Trinajstić information content (AvgIpc) is 3.40. The predicted molar refractivity (Wildman–Crippen MR) is 114 cm³/mol. The maximum absolute atomic E-state index is 4.86. The normalized spacial score (nSPS) is 19.3. The van der Waals surface area contributed by atoms with Crippen LogP contribution in [0.2, 0.25) is 0 Å². The quantitative estimate of drug-likeness (QED) is 0.535. The smallest absolute Gasteiger partial charge is 0.160 e. The Morgan fingerprint density at radius 1 is 1.03 bits per heavy atom. The first kappa shape index (κ1) is 17.8. The molecule has 0 unspecified atom stereocenters. The molecule has 5 rings (SSSR count). The van der Waals surface area contributed by atoms with Crippen LogP contribution >= 0.6 is 0 Å². The van der Waals surface area contributed by atoms with Crippen molar-refractivity contribution in [3.63, 3.8) is 0 Å². The van der Waals surface area contributed by atoms with Crippen LogP contribution in [0.15, 0.2) is 48.9 Å². The maximum Gasteiger partial charge on any atom is 0.160 e. The first-order chi connectivity index (χ1) is 14.1. The summed E-state index contributed by atoms with van der Waals surface area (Å²) in [7, 11) is 1.93. The fourth-order valence-corrected chi connectivity index (χ4v) is 4.36. The van der Waals surface area contributed by atoms with E-state index in [9.17, 15) is 0 Å². The molecule has 0 spiro atoms. The second-order valence-electron chi connectivity index (χ2n) is 7.94. The summed E-state index contributed by atoms with van der Waals surface area (Å²) in [6, 6.07) is 11.2. The van der Waals surface area contributed by atoms with Gasteiger partial charge in [0, 0.05) is 43.3 Å². The molecule has 1 saturated heterocycles. The predicted octanol–water partition coefficient (Wildman–Crippen LogP) is 3.65. The molecule has 7 heteroatoms. The van der Waals surface area contributed by atoms with E-state index in [2.05, 4.69) is 45.5 Å². The number of pyridine rings is 2. The van der Waals surface area contributed by atoms with Gasteiger partial charge in [-0.2, -0.15) is 5.10 Å². The second-order valence-corrected chi connectivity index (χ2v) is 7.94. The van der Waals surface area contributed by atoms with E-state index >= 15 is 0 Å². The summed E-state index contributed by atoms with van der Waals surface area (Å²) in [6.07, 6.45) is 8.13.